The van der Waals surface area contributed by atoms with Gasteiger partial charge in [-0.25, -0.2) is 0 Å². The van der Waals surface area contributed by atoms with Gasteiger partial charge in [0.25, 0.3) is 0 Å². The summed E-state index contributed by atoms with van der Waals surface area (Å²) >= 11 is 0. The van der Waals surface area contributed by atoms with Gasteiger partial charge >= 0.3 is 0 Å². The van der Waals surface area contributed by atoms with Crippen molar-refractivity contribution in [3.05, 3.63) is 23.3 Å². The van der Waals surface area contributed by atoms with E-state index in [1.54, 1.807) is 18.4 Å². The summed E-state index contributed by atoms with van der Waals surface area (Å²) in [6.45, 7) is 1.10. The Labute approximate surface area is 78.8 Å². The van der Waals surface area contributed by atoms with E-state index in [2.05, 4.69) is 0 Å². The van der Waals surface area contributed by atoms with Crippen molar-refractivity contribution in [1.82, 2.24) is 0 Å². The largest absolute Gasteiger partial charge is 0.507 e. The van der Waals surface area contributed by atoms with Crippen LogP contribution in [0.2, 0.25) is 0 Å². The maximum absolute atomic E-state index is 11.2. The molecule has 0 aromatic heterocycles. The second-order valence-corrected chi connectivity index (χ2v) is 4.38. The summed E-state index contributed by atoms with van der Waals surface area (Å²) in [7, 11) is -1.14. The zero-order chi connectivity index (χ0) is 9.42. The fourth-order valence-corrected chi connectivity index (χ4v) is 2.09. The maximum atomic E-state index is 11.2. The van der Waals surface area contributed by atoms with Crippen molar-refractivity contribution < 1.29 is 14.1 Å². The minimum Gasteiger partial charge on any atom is -0.507 e. The maximum Gasteiger partial charge on any atom is 0.132 e. The van der Waals surface area contributed by atoms with Gasteiger partial charge in [-0.2, -0.15) is 0 Å². The van der Waals surface area contributed by atoms with Crippen molar-refractivity contribution in [2.75, 3.05) is 6.26 Å². The number of benzene rings is 1. The highest BCUT2D eigenvalue weighted by Crippen LogP contribution is 2.29. The van der Waals surface area contributed by atoms with Crippen molar-refractivity contribution in [2.45, 2.75) is 18.1 Å². The van der Waals surface area contributed by atoms with Gasteiger partial charge in [0.1, 0.15) is 5.75 Å². The molecule has 1 aliphatic rings. The highest BCUT2D eigenvalue weighted by atomic mass is 32.2. The van der Waals surface area contributed by atoms with E-state index in [1.165, 1.54) is 0 Å². The van der Waals surface area contributed by atoms with E-state index in [0.29, 0.717) is 18.1 Å². The molecular formula is C9H10O3S. The summed E-state index contributed by atoms with van der Waals surface area (Å²) < 4.78 is 16.4. The first-order chi connectivity index (χ1) is 6.18. The lowest BCUT2D eigenvalue weighted by Crippen LogP contribution is -1.91. The molecule has 70 valence electrons. The van der Waals surface area contributed by atoms with Crippen LogP contribution in [0.3, 0.4) is 0 Å². The topological polar surface area (TPSA) is 46.5 Å². The van der Waals surface area contributed by atoms with Gasteiger partial charge in [0.15, 0.2) is 0 Å². The fraction of sp³-hybridized carbons (Fsp3) is 0.333. The highest BCUT2D eigenvalue weighted by molar-refractivity contribution is 7.84. The van der Waals surface area contributed by atoms with Crippen molar-refractivity contribution in [3.63, 3.8) is 0 Å². The highest BCUT2D eigenvalue weighted by Gasteiger charge is 2.16. The SMILES string of the molecule is CS(=O)c1cc2c(cc1O)COC2. The number of hydrogen-bond donors (Lipinski definition) is 1. The molecule has 1 aliphatic heterocycles. The minimum atomic E-state index is -1.14. The Kier molecular flexibility index (Phi) is 2.09. The molecule has 1 atom stereocenters. The number of rotatable bonds is 1. The Bertz CT molecular complexity index is 373. The third-order valence-corrected chi connectivity index (χ3v) is 3.05. The molecule has 3 nitrogen and oxygen atoms in total. The van der Waals surface area contributed by atoms with Crippen LogP contribution in [0, 0.1) is 0 Å². The van der Waals surface area contributed by atoms with Crippen molar-refractivity contribution in [1.29, 1.82) is 0 Å². The van der Waals surface area contributed by atoms with E-state index in [0.717, 1.165) is 11.1 Å². The van der Waals surface area contributed by atoms with Gasteiger partial charge in [0, 0.05) is 6.26 Å². The second kappa shape index (κ2) is 3.12. The minimum absolute atomic E-state index is 0.102. The Morgan fingerprint density at radius 1 is 1.38 bits per heavy atom. The normalized spacial score (nSPS) is 17.0. The molecular weight excluding hydrogens is 188 g/mol. The van der Waals surface area contributed by atoms with E-state index >= 15 is 0 Å². The first-order valence-electron chi connectivity index (χ1n) is 3.94. The Hall–Kier alpha value is -0.870. The van der Waals surface area contributed by atoms with Gasteiger partial charge in [0.05, 0.1) is 28.9 Å². The van der Waals surface area contributed by atoms with E-state index in [4.69, 9.17) is 4.74 Å². The van der Waals surface area contributed by atoms with Gasteiger partial charge in [-0.3, -0.25) is 4.21 Å². The van der Waals surface area contributed by atoms with E-state index < -0.39 is 10.8 Å². The van der Waals surface area contributed by atoms with Crippen LogP contribution in [0.15, 0.2) is 17.0 Å². The van der Waals surface area contributed by atoms with Crippen LogP contribution in [0.5, 0.6) is 5.75 Å². The van der Waals surface area contributed by atoms with Crippen LogP contribution >= 0.6 is 0 Å². The number of fused-ring (bicyclic) bond motifs is 1. The van der Waals surface area contributed by atoms with Crippen LogP contribution in [0.25, 0.3) is 0 Å². The van der Waals surface area contributed by atoms with Crippen LogP contribution in [-0.4, -0.2) is 15.6 Å². The molecule has 4 heteroatoms. The number of hydrogen-bond acceptors (Lipinski definition) is 3. The number of aromatic hydroxyl groups is 1. The summed E-state index contributed by atoms with van der Waals surface area (Å²) in [5.74, 6) is 0.102. The Morgan fingerprint density at radius 2 is 2.00 bits per heavy atom. The first kappa shape index (κ1) is 8.72. The molecule has 2 rings (SSSR count). The zero-order valence-electron chi connectivity index (χ0n) is 7.24. The predicted molar refractivity (Wildman–Crippen MR) is 48.9 cm³/mol. The molecule has 1 unspecified atom stereocenters. The van der Waals surface area contributed by atoms with Crippen molar-refractivity contribution in [3.8, 4) is 5.75 Å². The van der Waals surface area contributed by atoms with Crippen LogP contribution in [-0.2, 0) is 28.8 Å². The van der Waals surface area contributed by atoms with E-state index in [9.17, 15) is 9.32 Å². The summed E-state index contributed by atoms with van der Waals surface area (Å²) in [5.41, 5.74) is 2.02. The van der Waals surface area contributed by atoms with E-state index in [1.807, 2.05) is 0 Å². The predicted octanol–water partition coefficient (Wildman–Crippen LogP) is 1.16. The Morgan fingerprint density at radius 3 is 2.62 bits per heavy atom. The molecule has 0 radical (unpaired) electrons. The molecule has 1 aromatic carbocycles. The molecule has 0 spiro atoms. The monoisotopic (exact) mass is 198 g/mol. The fourth-order valence-electron chi connectivity index (χ4n) is 1.42. The van der Waals surface area contributed by atoms with Gasteiger partial charge in [-0.05, 0) is 23.3 Å². The summed E-state index contributed by atoms with van der Waals surface area (Å²) in [6, 6.07) is 3.40. The van der Waals surface area contributed by atoms with Crippen molar-refractivity contribution >= 4 is 10.8 Å². The average Bonchev–Trinajstić information content (AvgIpc) is 2.48. The zero-order valence-corrected chi connectivity index (χ0v) is 8.06. The van der Waals surface area contributed by atoms with Gasteiger partial charge in [-0.1, -0.05) is 0 Å². The van der Waals surface area contributed by atoms with Crippen LogP contribution in [0.1, 0.15) is 11.1 Å². The van der Waals surface area contributed by atoms with Crippen molar-refractivity contribution in [2.24, 2.45) is 0 Å². The third kappa shape index (κ3) is 1.47. The quantitative estimate of drug-likeness (QED) is 0.736. The molecule has 0 aliphatic carbocycles. The first-order valence-corrected chi connectivity index (χ1v) is 5.50. The standard InChI is InChI=1S/C9H10O3S/c1-13(11)9-3-7-5-12-4-6(7)2-8(9)10/h2-3,10H,4-5H2,1H3. The Balaban J connectivity index is 2.55. The molecule has 1 heterocycles. The number of phenolic OH excluding ortho intramolecular Hbond substituents is 1. The second-order valence-electron chi connectivity index (χ2n) is 3.04. The molecule has 1 N–H and O–H groups in total. The lowest BCUT2D eigenvalue weighted by molar-refractivity contribution is 0.134. The summed E-state index contributed by atoms with van der Waals surface area (Å²) in [6.07, 6.45) is 1.55. The summed E-state index contributed by atoms with van der Waals surface area (Å²) in [5, 5.41) is 9.50. The molecule has 0 fully saturated rings. The summed E-state index contributed by atoms with van der Waals surface area (Å²) in [4.78, 5) is 0.490. The van der Waals surface area contributed by atoms with Gasteiger partial charge < -0.3 is 9.84 Å². The van der Waals surface area contributed by atoms with Crippen LogP contribution in [0.4, 0.5) is 0 Å². The molecule has 0 bridgehead atoms. The molecule has 1 aromatic rings. The number of phenols is 1. The molecule has 0 saturated carbocycles. The molecule has 0 saturated heterocycles. The van der Waals surface area contributed by atoms with Gasteiger partial charge in [0.2, 0.25) is 0 Å². The lowest BCUT2D eigenvalue weighted by Gasteiger charge is -2.03. The lowest BCUT2D eigenvalue weighted by atomic mass is 10.1. The smallest absolute Gasteiger partial charge is 0.132 e. The van der Waals surface area contributed by atoms with E-state index in [-0.39, 0.29) is 5.75 Å². The molecule has 0 amide bonds. The van der Waals surface area contributed by atoms with Crippen LogP contribution < -0.4 is 0 Å². The molecule has 13 heavy (non-hydrogen) atoms. The average molecular weight is 198 g/mol. The number of ether oxygens (including phenoxy) is 1. The van der Waals surface area contributed by atoms with Gasteiger partial charge in [-0.15, -0.1) is 0 Å². The third-order valence-electron chi connectivity index (χ3n) is 2.11.